The van der Waals surface area contributed by atoms with Crippen LogP contribution in [0.15, 0.2) is 23.8 Å². The number of methoxy groups -OCH3 is 1. The van der Waals surface area contributed by atoms with Crippen LogP contribution in [0.25, 0.3) is 6.08 Å². The van der Waals surface area contributed by atoms with Crippen molar-refractivity contribution in [1.29, 1.82) is 0 Å². The zero-order valence-electron chi connectivity index (χ0n) is 12.8. The molecule has 0 unspecified atom stereocenters. The van der Waals surface area contributed by atoms with Gasteiger partial charge in [-0.05, 0) is 31.2 Å². The molecule has 0 saturated carbocycles. The minimum Gasteiger partial charge on any atom is -0.497 e. The molecule has 1 atom stereocenters. The average molecular weight is 325 g/mol. The van der Waals surface area contributed by atoms with Crippen molar-refractivity contribution in [3.05, 3.63) is 29.3 Å². The van der Waals surface area contributed by atoms with Crippen LogP contribution < -0.4 is 14.8 Å². The number of piperazine rings is 1. The van der Waals surface area contributed by atoms with E-state index in [0.29, 0.717) is 12.2 Å². The average Bonchev–Trinajstić information content (AvgIpc) is 2.53. The number of benzene rings is 1. The number of hydrogen-bond donors (Lipinski definition) is 1. The molecule has 6 heteroatoms. The molecule has 2 heterocycles. The van der Waals surface area contributed by atoms with E-state index in [1.165, 1.54) is 0 Å². The van der Waals surface area contributed by atoms with Crippen LogP contribution >= 0.6 is 12.4 Å². The summed E-state index contributed by atoms with van der Waals surface area (Å²) in [6.07, 6.45) is 1.92. The van der Waals surface area contributed by atoms with Gasteiger partial charge in [0.1, 0.15) is 18.1 Å². The van der Waals surface area contributed by atoms with Crippen LogP contribution in [0.5, 0.6) is 11.5 Å². The lowest BCUT2D eigenvalue weighted by molar-refractivity contribution is -0.130. The molecule has 2 aliphatic rings. The van der Waals surface area contributed by atoms with Crippen molar-refractivity contribution in [1.82, 2.24) is 10.2 Å². The third kappa shape index (κ3) is 3.20. The van der Waals surface area contributed by atoms with Gasteiger partial charge < -0.3 is 19.7 Å². The lowest BCUT2D eigenvalue weighted by Gasteiger charge is -2.35. The second-order valence-electron chi connectivity index (χ2n) is 5.41. The summed E-state index contributed by atoms with van der Waals surface area (Å²) in [6.45, 7) is 4.81. The molecule has 1 fully saturated rings. The number of ether oxygens (including phenoxy) is 2. The molecule has 0 aromatic heterocycles. The normalized spacial score (nSPS) is 20.2. The Balaban J connectivity index is 0.00000176. The Morgan fingerprint density at radius 2 is 2.27 bits per heavy atom. The fraction of sp³-hybridized carbons (Fsp3) is 0.438. The summed E-state index contributed by atoms with van der Waals surface area (Å²) >= 11 is 0. The first kappa shape index (κ1) is 16.6. The minimum absolute atomic E-state index is 0. The SMILES string of the molecule is COc1ccc2c(c1)C=C(C(=O)N1CCNC[C@@H]1C)CO2.Cl. The first-order chi connectivity index (χ1) is 10.2. The zero-order chi connectivity index (χ0) is 14.8. The number of nitrogens with zero attached hydrogens (tertiary/aromatic N) is 1. The maximum atomic E-state index is 12.6. The molecule has 1 saturated heterocycles. The number of fused-ring (bicyclic) bond motifs is 1. The van der Waals surface area contributed by atoms with E-state index in [2.05, 4.69) is 12.2 Å². The Morgan fingerprint density at radius 3 is 3.00 bits per heavy atom. The highest BCUT2D eigenvalue weighted by Crippen LogP contribution is 2.30. The molecule has 1 amide bonds. The van der Waals surface area contributed by atoms with Crippen molar-refractivity contribution in [2.45, 2.75) is 13.0 Å². The molecule has 0 bridgehead atoms. The fourth-order valence-corrected chi connectivity index (χ4v) is 2.73. The molecule has 22 heavy (non-hydrogen) atoms. The molecule has 1 N–H and O–H groups in total. The Kier molecular flexibility index (Phi) is 5.32. The summed E-state index contributed by atoms with van der Waals surface area (Å²) in [7, 11) is 1.63. The van der Waals surface area contributed by atoms with Crippen LogP contribution in [0, 0.1) is 0 Å². The van der Waals surface area contributed by atoms with E-state index >= 15 is 0 Å². The van der Waals surface area contributed by atoms with Gasteiger partial charge in [-0.15, -0.1) is 12.4 Å². The monoisotopic (exact) mass is 324 g/mol. The van der Waals surface area contributed by atoms with E-state index in [9.17, 15) is 4.79 Å². The highest BCUT2D eigenvalue weighted by Gasteiger charge is 2.27. The second kappa shape index (κ2) is 7.03. The predicted octanol–water partition coefficient (Wildman–Crippen LogP) is 1.71. The van der Waals surface area contributed by atoms with Gasteiger partial charge in [0.25, 0.3) is 5.91 Å². The maximum Gasteiger partial charge on any atom is 0.253 e. The van der Waals surface area contributed by atoms with E-state index in [-0.39, 0.29) is 24.4 Å². The fourth-order valence-electron chi connectivity index (χ4n) is 2.73. The third-order valence-electron chi connectivity index (χ3n) is 3.97. The van der Waals surface area contributed by atoms with E-state index in [4.69, 9.17) is 9.47 Å². The molecular formula is C16H21ClN2O3. The number of nitrogens with one attached hydrogen (secondary N) is 1. The van der Waals surface area contributed by atoms with Crippen LogP contribution in [-0.4, -0.2) is 50.2 Å². The van der Waals surface area contributed by atoms with Crippen LogP contribution in [0.2, 0.25) is 0 Å². The van der Waals surface area contributed by atoms with Gasteiger partial charge in [-0.2, -0.15) is 0 Å². The van der Waals surface area contributed by atoms with Gasteiger partial charge in [0.2, 0.25) is 0 Å². The molecule has 2 aliphatic heterocycles. The molecule has 1 aromatic rings. The molecule has 0 aliphatic carbocycles. The summed E-state index contributed by atoms with van der Waals surface area (Å²) in [6, 6.07) is 5.83. The molecular weight excluding hydrogens is 304 g/mol. The number of carbonyl (C=O) groups excluding carboxylic acids is 1. The van der Waals surface area contributed by atoms with Gasteiger partial charge in [0, 0.05) is 31.2 Å². The number of carbonyl (C=O) groups is 1. The molecule has 0 spiro atoms. The van der Waals surface area contributed by atoms with Gasteiger partial charge in [0.15, 0.2) is 0 Å². The van der Waals surface area contributed by atoms with Crippen LogP contribution in [-0.2, 0) is 4.79 Å². The van der Waals surface area contributed by atoms with Gasteiger partial charge in [-0.3, -0.25) is 4.79 Å². The quantitative estimate of drug-likeness (QED) is 0.900. The Hall–Kier alpha value is -1.72. The highest BCUT2D eigenvalue weighted by atomic mass is 35.5. The largest absolute Gasteiger partial charge is 0.497 e. The number of halogens is 1. The molecule has 3 rings (SSSR count). The van der Waals surface area contributed by atoms with Crippen molar-refractivity contribution in [3.63, 3.8) is 0 Å². The van der Waals surface area contributed by atoms with Crippen molar-refractivity contribution in [2.24, 2.45) is 0 Å². The summed E-state index contributed by atoms with van der Waals surface area (Å²) in [5, 5.41) is 3.29. The Bertz CT molecular complexity index is 589. The summed E-state index contributed by atoms with van der Waals surface area (Å²) < 4.78 is 10.9. The van der Waals surface area contributed by atoms with Crippen LogP contribution in [0.3, 0.4) is 0 Å². The Morgan fingerprint density at radius 1 is 1.45 bits per heavy atom. The molecule has 0 radical (unpaired) electrons. The number of hydrogen-bond acceptors (Lipinski definition) is 4. The van der Waals surface area contributed by atoms with E-state index in [1.807, 2.05) is 29.2 Å². The molecule has 1 aromatic carbocycles. The third-order valence-corrected chi connectivity index (χ3v) is 3.97. The van der Waals surface area contributed by atoms with Crippen molar-refractivity contribution >= 4 is 24.4 Å². The highest BCUT2D eigenvalue weighted by molar-refractivity contribution is 5.99. The smallest absolute Gasteiger partial charge is 0.253 e. The first-order valence-corrected chi connectivity index (χ1v) is 7.22. The van der Waals surface area contributed by atoms with Crippen LogP contribution in [0.4, 0.5) is 0 Å². The summed E-state index contributed by atoms with van der Waals surface area (Å²) in [5.41, 5.74) is 1.59. The summed E-state index contributed by atoms with van der Waals surface area (Å²) in [4.78, 5) is 14.6. The van der Waals surface area contributed by atoms with Crippen LogP contribution in [0.1, 0.15) is 12.5 Å². The van der Waals surface area contributed by atoms with Crippen molar-refractivity contribution < 1.29 is 14.3 Å². The lowest BCUT2D eigenvalue weighted by atomic mass is 10.0. The minimum atomic E-state index is 0. The topological polar surface area (TPSA) is 50.8 Å². The maximum absolute atomic E-state index is 12.6. The molecule has 120 valence electrons. The second-order valence-corrected chi connectivity index (χ2v) is 5.41. The Labute approximate surface area is 136 Å². The van der Waals surface area contributed by atoms with E-state index in [1.54, 1.807) is 7.11 Å². The van der Waals surface area contributed by atoms with Gasteiger partial charge in [-0.1, -0.05) is 0 Å². The van der Waals surface area contributed by atoms with Gasteiger partial charge >= 0.3 is 0 Å². The summed E-state index contributed by atoms with van der Waals surface area (Å²) in [5.74, 6) is 1.62. The number of amides is 1. The molecule has 5 nitrogen and oxygen atoms in total. The lowest BCUT2D eigenvalue weighted by Crippen LogP contribution is -2.53. The van der Waals surface area contributed by atoms with Crippen molar-refractivity contribution in [3.8, 4) is 11.5 Å². The van der Waals surface area contributed by atoms with E-state index < -0.39 is 0 Å². The van der Waals surface area contributed by atoms with E-state index in [0.717, 1.165) is 36.7 Å². The van der Waals surface area contributed by atoms with Crippen molar-refractivity contribution in [2.75, 3.05) is 33.4 Å². The van der Waals surface area contributed by atoms with Gasteiger partial charge in [-0.25, -0.2) is 0 Å². The van der Waals surface area contributed by atoms with Gasteiger partial charge in [0.05, 0.1) is 12.7 Å². The number of rotatable bonds is 2. The zero-order valence-corrected chi connectivity index (χ0v) is 13.6. The predicted molar refractivity (Wildman–Crippen MR) is 87.8 cm³/mol. The standard InChI is InChI=1S/C16H20N2O3.ClH/c1-11-9-17-5-6-18(11)16(19)13-7-12-8-14(20-2)3-4-15(12)21-10-13;/h3-4,7-8,11,17H,5-6,9-10H2,1-2H3;1H/t11-;/m0./s1. The first-order valence-electron chi connectivity index (χ1n) is 7.22.